The number of methoxy groups -OCH3 is 1. The van der Waals surface area contributed by atoms with Gasteiger partial charge < -0.3 is 10.5 Å². The highest BCUT2D eigenvalue weighted by Crippen LogP contribution is 2.31. The van der Waals surface area contributed by atoms with Gasteiger partial charge in [-0.15, -0.1) is 0 Å². The van der Waals surface area contributed by atoms with Crippen LogP contribution in [0.2, 0.25) is 0 Å². The first kappa shape index (κ1) is 11.0. The topological polar surface area (TPSA) is 53.1 Å². The number of hydrogen-bond donors (Lipinski definition) is 1. The van der Waals surface area contributed by atoms with Gasteiger partial charge in [-0.2, -0.15) is 5.10 Å². The van der Waals surface area contributed by atoms with Crippen LogP contribution in [0.15, 0.2) is 10.7 Å². The monoisotopic (exact) mass is 273 g/mol. The minimum absolute atomic E-state index is 0.368. The molecule has 1 aliphatic rings. The van der Waals surface area contributed by atoms with Crippen LogP contribution in [-0.2, 0) is 4.74 Å². The molecule has 1 aliphatic carbocycles. The average molecular weight is 274 g/mol. The zero-order chi connectivity index (χ0) is 10.8. The van der Waals surface area contributed by atoms with Crippen molar-refractivity contribution < 1.29 is 4.74 Å². The van der Waals surface area contributed by atoms with E-state index in [1.807, 2.05) is 10.9 Å². The fraction of sp³-hybridized carbons (Fsp3) is 0.700. The van der Waals surface area contributed by atoms with Crippen molar-refractivity contribution in [3.05, 3.63) is 10.7 Å². The van der Waals surface area contributed by atoms with Gasteiger partial charge >= 0.3 is 0 Å². The van der Waals surface area contributed by atoms with Crippen LogP contribution in [0.25, 0.3) is 0 Å². The molecule has 1 saturated carbocycles. The minimum Gasteiger partial charge on any atom is -0.381 e. The van der Waals surface area contributed by atoms with Crippen molar-refractivity contribution in [3.63, 3.8) is 0 Å². The number of nitrogens with zero attached hydrogens (tertiary/aromatic N) is 2. The summed E-state index contributed by atoms with van der Waals surface area (Å²) < 4.78 is 8.24. The summed E-state index contributed by atoms with van der Waals surface area (Å²) in [5.74, 6) is 0.564. The van der Waals surface area contributed by atoms with E-state index in [1.54, 1.807) is 7.11 Å². The molecular formula is C10H16BrN3O. The summed E-state index contributed by atoms with van der Waals surface area (Å²) in [6.07, 6.45) is 6.87. The van der Waals surface area contributed by atoms with E-state index in [0.717, 1.165) is 23.7 Å². The highest BCUT2D eigenvalue weighted by atomic mass is 79.9. The Balaban J connectivity index is 2.09. The molecule has 1 heterocycles. The highest BCUT2D eigenvalue weighted by Gasteiger charge is 2.23. The number of ether oxygens (including phenoxy) is 1. The van der Waals surface area contributed by atoms with E-state index in [9.17, 15) is 0 Å². The zero-order valence-corrected chi connectivity index (χ0v) is 10.4. The molecule has 84 valence electrons. The third-order valence-electron chi connectivity index (χ3n) is 3.02. The molecule has 1 aromatic rings. The summed E-state index contributed by atoms with van der Waals surface area (Å²) in [4.78, 5) is 0. The smallest absolute Gasteiger partial charge is 0.159 e. The number of aromatic nitrogens is 2. The van der Waals surface area contributed by atoms with E-state index in [4.69, 9.17) is 10.5 Å². The van der Waals surface area contributed by atoms with E-state index in [1.165, 1.54) is 6.42 Å². The summed E-state index contributed by atoms with van der Waals surface area (Å²) in [6, 6.07) is 0.428. The lowest BCUT2D eigenvalue weighted by atomic mass is 9.93. The van der Waals surface area contributed by atoms with Gasteiger partial charge in [0.25, 0.3) is 0 Å². The molecule has 5 heteroatoms. The molecule has 0 bridgehead atoms. The Morgan fingerprint density at radius 2 is 2.40 bits per heavy atom. The third-order valence-corrected chi connectivity index (χ3v) is 3.63. The molecular weight excluding hydrogens is 258 g/mol. The maximum Gasteiger partial charge on any atom is 0.159 e. The van der Waals surface area contributed by atoms with E-state index >= 15 is 0 Å². The predicted octanol–water partition coefficient (Wildman–Crippen LogP) is 2.36. The van der Waals surface area contributed by atoms with Gasteiger partial charge in [-0.05, 0) is 41.6 Å². The van der Waals surface area contributed by atoms with Gasteiger partial charge in [0.15, 0.2) is 5.82 Å². The molecule has 0 spiro atoms. The van der Waals surface area contributed by atoms with Crippen LogP contribution in [0.1, 0.15) is 31.7 Å². The highest BCUT2D eigenvalue weighted by molar-refractivity contribution is 9.10. The van der Waals surface area contributed by atoms with Crippen molar-refractivity contribution in [2.45, 2.75) is 37.8 Å². The maximum atomic E-state index is 5.70. The van der Waals surface area contributed by atoms with Crippen LogP contribution < -0.4 is 5.73 Å². The van der Waals surface area contributed by atoms with Crippen molar-refractivity contribution in [3.8, 4) is 0 Å². The summed E-state index contributed by atoms with van der Waals surface area (Å²) >= 11 is 3.38. The molecule has 15 heavy (non-hydrogen) atoms. The molecule has 1 aromatic heterocycles. The lowest BCUT2D eigenvalue weighted by molar-refractivity contribution is 0.0508. The van der Waals surface area contributed by atoms with Gasteiger partial charge in [-0.25, -0.2) is 0 Å². The molecule has 0 radical (unpaired) electrons. The lowest BCUT2D eigenvalue weighted by Gasteiger charge is -2.28. The van der Waals surface area contributed by atoms with Gasteiger partial charge in [0, 0.05) is 13.3 Å². The molecule has 4 nitrogen and oxygen atoms in total. The molecule has 2 atom stereocenters. The van der Waals surface area contributed by atoms with Crippen LogP contribution in [0.3, 0.4) is 0 Å². The SMILES string of the molecule is COC1CCCC(n2cc(Br)c(N)n2)C1. The summed E-state index contributed by atoms with van der Waals surface area (Å²) in [7, 11) is 1.78. The van der Waals surface area contributed by atoms with Crippen LogP contribution in [0.5, 0.6) is 0 Å². The van der Waals surface area contributed by atoms with Gasteiger partial charge in [-0.3, -0.25) is 4.68 Å². The molecule has 0 saturated heterocycles. The molecule has 0 aliphatic heterocycles. The molecule has 2 N–H and O–H groups in total. The molecule has 0 amide bonds. The Bertz CT molecular complexity index is 320. The van der Waals surface area contributed by atoms with Crippen LogP contribution in [-0.4, -0.2) is 23.0 Å². The number of anilines is 1. The Kier molecular flexibility index (Phi) is 3.31. The largest absolute Gasteiger partial charge is 0.381 e. The first-order valence-electron chi connectivity index (χ1n) is 5.23. The van der Waals surface area contributed by atoms with E-state index < -0.39 is 0 Å². The maximum absolute atomic E-state index is 5.70. The van der Waals surface area contributed by atoms with Crippen molar-refractivity contribution >= 4 is 21.7 Å². The minimum atomic E-state index is 0.368. The fourth-order valence-corrected chi connectivity index (χ4v) is 2.43. The first-order valence-corrected chi connectivity index (χ1v) is 6.03. The lowest BCUT2D eigenvalue weighted by Crippen LogP contribution is -2.24. The quantitative estimate of drug-likeness (QED) is 0.900. The Hall–Kier alpha value is -0.550. The average Bonchev–Trinajstić information content (AvgIpc) is 2.59. The van der Waals surface area contributed by atoms with Crippen molar-refractivity contribution in [2.24, 2.45) is 0 Å². The second-order valence-electron chi connectivity index (χ2n) is 4.02. The molecule has 2 unspecified atom stereocenters. The Morgan fingerprint density at radius 1 is 1.60 bits per heavy atom. The second-order valence-corrected chi connectivity index (χ2v) is 4.87. The van der Waals surface area contributed by atoms with Crippen molar-refractivity contribution in [1.82, 2.24) is 9.78 Å². The second kappa shape index (κ2) is 4.53. The molecule has 2 rings (SSSR count). The Morgan fingerprint density at radius 3 is 3.00 bits per heavy atom. The number of halogens is 1. The van der Waals surface area contributed by atoms with Crippen LogP contribution in [0.4, 0.5) is 5.82 Å². The summed E-state index contributed by atoms with van der Waals surface area (Å²) in [6.45, 7) is 0. The van der Waals surface area contributed by atoms with Gasteiger partial charge in [0.05, 0.1) is 16.6 Å². The van der Waals surface area contributed by atoms with E-state index in [-0.39, 0.29) is 0 Å². The zero-order valence-electron chi connectivity index (χ0n) is 8.82. The number of nitrogens with two attached hydrogens (primary N) is 1. The number of hydrogen-bond acceptors (Lipinski definition) is 3. The third kappa shape index (κ3) is 2.34. The summed E-state index contributed by atoms with van der Waals surface area (Å²) in [5.41, 5.74) is 5.70. The van der Waals surface area contributed by atoms with Crippen LogP contribution >= 0.6 is 15.9 Å². The van der Waals surface area contributed by atoms with Crippen LogP contribution in [0, 0.1) is 0 Å². The predicted molar refractivity (Wildman–Crippen MR) is 62.6 cm³/mol. The van der Waals surface area contributed by atoms with E-state index in [2.05, 4.69) is 21.0 Å². The molecule has 1 fully saturated rings. The van der Waals surface area contributed by atoms with Gasteiger partial charge in [0.1, 0.15) is 0 Å². The standard InChI is InChI=1S/C10H16BrN3O/c1-15-8-4-2-3-7(5-8)14-6-9(11)10(12)13-14/h6-8H,2-5H2,1H3,(H2,12,13). The fourth-order valence-electron chi connectivity index (χ4n) is 2.15. The van der Waals surface area contributed by atoms with Crippen molar-refractivity contribution in [1.29, 1.82) is 0 Å². The van der Waals surface area contributed by atoms with Crippen molar-refractivity contribution in [2.75, 3.05) is 12.8 Å². The summed E-state index contributed by atoms with van der Waals surface area (Å²) in [5, 5.41) is 4.29. The normalized spacial score (nSPS) is 26.8. The Labute approximate surface area is 97.9 Å². The number of nitrogen functional groups attached to an aromatic ring is 1. The van der Waals surface area contributed by atoms with E-state index in [0.29, 0.717) is 18.0 Å². The number of rotatable bonds is 2. The van der Waals surface area contributed by atoms with Gasteiger partial charge in [-0.1, -0.05) is 0 Å². The van der Waals surface area contributed by atoms with Gasteiger partial charge in [0.2, 0.25) is 0 Å². The first-order chi connectivity index (χ1) is 7.20. The molecule has 0 aromatic carbocycles.